The van der Waals surface area contributed by atoms with Crippen LogP contribution in [0, 0.1) is 5.92 Å². The lowest BCUT2D eigenvalue weighted by Gasteiger charge is -2.32. The highest BCUT2D eigenvalue weighted by Crippen LogP contribution is 2.28. The molecule has 6 heteroatoms. The fraction of sp³-hybridized carbons (Fsp3) is 0.286. The van der Waals surface area contributed by atoms with Gasteiger partial charge in [0.1, 0.15) is 11.7 Å². The van der Waals surface area contributed by atoms with Crippen LogP contribution in [-0.4, -0.2) is 32.7 Å². The summed E-state index contributed by atoms with van der Waals surface area (Å²) in [7, 11) is 0. The van der Waals surface area contributed by atoms with Crippen LogP contribution in [0.4, 0.5) is 5.69 Å². The number of benzene rings is 1. The molecule has 138 valence electrons. The van der Waals surface area contributed by atoms with Gasteiger partial charge in [-0.2, -0.15) is 0 Å². The maximum atomic E-state index is 13.4. The number of nitrogens with zero attached hydrogens (tertiary/aromatic N) is 2. The zero-order valence-electron chi connectivity index (χ0n) is 15.4. The van der Waals surface area contributed by atoms with Crippen LogP contribution in [-0.2, 0) is 11.3 Å². The zero-order chi connectivity index (χ0) is 19.0. The minimum absolute atomic E-state index is 0.0331. The second-order valence-corrected chi connectivity index (χ2v) is 7.03. The van der Waals surface area contributed by atoms with Crippen molar-refractivity contribution in [3.05, 3.63) is 59.9 Å². The van der Waals surface area contributed by atoms with E-state index in [4.69, 9.17) is 0 Å². The summed E-state index contributed by atoms with van der Waals surface area (Å²) in [6.45, 7) is 4.42. The molecule has 2 aromatic heterocycles. The predicted octanol–water partition coefficient (Wildman–Crippen LogP) is 3.57. The van der Waals surface area contributed by atoms with Crippen LogP contribution in [0.1, 0.15) is 36.3 Å². The van der Waals surface area contributed by atoms with Crippen LogP contribution in [0.2, 0.25) is 0 Å². The Balaban J connectivity index is 1.77. The number of rotatable bonds is 3. The fourth-order valence-corrected chi connectivity index (χ4v) is 3.62. The number of fused-ring (bicyclic) bond motifs is 2. The number of carbonyl (C=O) groups is 2. The third-order valence-electron chi connectivity index (χ3n) is 5.28. The molecule has 2 atom stereocenters. The van der Waals surface area contributed by atoms with Gasteiger partial charge < -0.3 is 15.2 Å². The molecule has 0 saturated heterocycles. The van der Waals surface area contributed by atoms with Crippen LogP contribution >= 0.6 is 0 Å². The third-order valence-corrected chi connectivity index (χ3v) is 5.28. The SMILES string of the molecule is CC[C@H](C)[C@H]1C(=O)Nc2ccccc2CN1C(=O)c1cc2ncccc2[nH]1. The number of hydrogen-bond acceptors (Lipinski definition) is 3. The molecule has 0 spiro atoms. The molecule has 0 aliphatic carbocycles. The molecule has 27 heavy (non-hydrogen) atoms. The summed E-state index contributed by atoms with van der Waals surface area (Å²) in [6.07, 6.45) is 2.49. The van der Waals surface area contributed by atoms with Crippen LogP contribution in [0.3, 0.4) is 0 Å². The quantitative estimate of drug-likeness (QED) is 0.748. The van der Waals surface area contributed by atoms with Gasteiger partial charge in [-0.05, 0) is 35.7 Å². The molecule has 0 unspecified atom stereocenters. The van der Waals surface area contributed by atoms with Gasteiger partial charge in [0.25, 0.3) is 5.91 Å². The Morgan fingerprint density at radius 1 is 1.30 bits per heavy atom. The average Bonchev–Trinajstić information content (AvgIpc) is 3.05. The predicted molar refractivity (Wildman–Crippen MR) is 104 cm³/mol. The van der Waals surface area contributed by atoms with E-state index in [1.807, 2.05) is 50.2 Å². The second kappa shape index (κ2) is 6.87. The van der Waals surface area contributed by atoms with Gasteiger partial charge in [0, 0.05) is 18.4 Å². The van der Waals surface area contributed by atoms with Crippen molar-refractivity contribution in [1.29, 1.82) is 0 Å². The monoisotopic (exact) mass is 362 g/mol. The fourth-order valence-electron chi connectivity index (χ4n) is 3.62. The van der Waals surface area contributed by atoms with Crippen molar-refractivity contribution in [2.75, 3.05) is 5.32 Å². The number of aromatic nitrogens is 2. The third kappa shape index (κ3) is 3.07. The lowest BCUT2D eigenvalue weighted by atomic mass is 9.96. The number of aromatic amines is 1. The normalized spacial score (nSPS) is 17.9. The molecule has 3 aromatic rings. The summed E-state index contributed by atoms with van der Waals surface area (Å²) in [5.41, 5.74) is 3.69. The van der Waals surface area contributed by atoms with Crippen molar-refractivity contribution in [3.63, 3.8) is 0 Å². The van der Waals surface area contributed by atoms with E-state index >= 15 is 0 Å². The number of carbonyl (C=O) groups excluding carboxylic acids is 2. The summed E-state index contributed by atoms with van der Waals surface area (Å²) >= 11 is 0. The van der Waals surface area contributed by atoms with Gasteiger partial charge in [0.05, 0.1) is 11.0 Å². The Bertz CT molecular complexity index is 977. The van der Waals surface area contributed by atoms with Crippen molar-refractivity contribution >= 4 is 28.5 Å². The van der Waals surface area contributed by atoms with Gasteiger partial charge in [0.2, 0.25) is 5.91 Å². The maximum Gasteiger partial charge on any atom is 0.271 e. The highest BCUT2D eigenvalue weighted by atomic mass is 16.2. The Labute approximate surface area is 157 Å². The summed E-state index contributed by atoms with van der Waals surface area (Å²) in [5.74, 6) is -0.298. The first-order chi connectivity index (χ1) is 13.1. The van der Waals surface area contributed by atoms with E-state index in [-0.39, 0.29) is 17.7 Å². The topological polar surface area (TPSA) is 78.1 Å². The highest BCUT2D eigenvalue weighted by molar-refractivity contribution is 6.03. The summed E-state index contributed by atoms with van der Waals surface area (Å²) in [4.78, 5) is 35.5. The number of pyridine rings is 1. The van der Waals surface area contributed by atoms with Crippen molar-refractivity contribution < 1.29 is 9.59 Å². The first-order valence-electron chi connectivity index (χ1n) is 9.22. The molecular weight excluding hydrogens is 340 g/mol. The number of anilines is 1. The molecular formula is C21H22N4O2. The number of para-hydroxylation sites is 1. The van der Waals surface area contributed by atoms with Gasteiger partial charge in [-0.3, -0.25) is 14.6 Å². The van der Waals surface area contributed by atoms with Gasteiger partial charge in [-0.15, -0.1) is 0 Å². The first-order valence-corrected chi connectivity index (χ1v) is 9.22. The maximum absolute atomic E-state index is 13.4. The molecule has 4 rings (SSSR count). The molecule has 1 aliphatic heterocycles. The standard InChI is InChI=1S/C21H22N4O2/c1-3-13(2)19-20(26)24-15-8-5-4-7-14(15)12-25(19)21(27)18-11-17-16(23-18)9-6-10-22-17/h4-11,13,19,23H,3,12H2,1-2H3,(H,24,26)/t13-,19-/m0/s1. The lowest BCUT2D eigenvalue weighted by Crippen LogP contribution is -2.49. The lowest BCUT2D eigenvalue weighted by molar-refractivity contribution is -0.122. The van der Waals surface area contributed by atoms with E-state index in [0.717, 1.165) is 28.7 Å². The van der Waals surface area contributed by atoms with Gasteiger partial charge in [-0.25, -0.2) is 0 Å². The molecule has 6 nitrogen and oxygen atoms in total. The van der Waals surface area contributed by atoms with E-state index in [0.29, 0.717) is 12.2 Å². The van der Waals surface area contributed by atoms with Crippen molar-refractivity contribution in [2.24, 2.45) is 5.92 Å². The Kier molecular flexibility index (Phi) is 4.39. The average molecular weight is 362 g/mol. The Morgan fingerprint density at radius 3 is 2.89 bits per heavy atom. The molecule has 1 aliphatic rings. The first kappa shape index (κ1) is 17.3. The zero-order valence-corrected chi connectivity index (χ0v) is 15.4. The second-order valence-electron chi connectivity index (χ2n) is 7.03. The van der Waals surface area contributed by atoms with Crippen LogP contribution in [0.25, 0.3) is 11.0 Å². The Morgan fingerprint density at radius 2 is 2.11 bits per heavy atom. The minimum atomic E-state index is -0.533. The molecule has 0 fully saturated rings. The van der Waals surface area contributed by atoms with Crippen LogP contribution < -0.4 is 5.32 Å². The largest absolute Gasteiger partial charge is 0.349 e. The highest BCUT2D eigenvalue weighted by Gasteiger charge is 2.37. The Hall–Kier alpha value is -3.15. The number of H-pyrrole nitrogens is 1. The number of hydrogen-bond donors (Lipinski definition) is 2. The molecule has 3 heterocycles. The molecule has 0 bridgehead atoms. The molecule has 0 radical (unpaired) electrons. The summed E-state index contributed by atoms with van der Waals surface area (Å²) in [6, 6.07) is 12.6. The van der Waals surface area contributed by atoms with Crippen molar-refractivity contribution in [1.82, 2.24) is 14.9 Å². The van der Waals surface area contributed by atoms with E-state index in [9.17, 15) is 9.59 Å². The van der Waals surface area contributed by atoms with Gasteiger partial charge >= 0.3 is 0 Å². The van der Waals surface area contributed by atoms with E-state index in [1.54, 1.807) is 17.2 Å². The molecule has 1 aromatic carbocycles. The molecule has 2 N–H and O–H groups in total. The minimum Gasteiger partial charge on any atom is -0.349 e. The molecule has 2 amide bonds. The van der Waals surface area contributed by atoms with E-state index in [2.05, 4.69) is 15.3 Å². The van der Waals surface area contributed by atoms with E-state index in [1.165, 1.54) is 0 Å². The van der Waals surface area contributed by atoms with Gasteiger partial charge in [-0.1, -0.05) is 38.5 Å². The number of nitrogens with one attached hydrogen (secondary N) is 2. The van der Waals surface area contributed by atoms with Crippen molar-refractivity contribution in [3.8, 4) is 0 Å². The number of amides is 2. The van der Waals surface area contributed by atoms with E-state index < -0.39 is 6.04 Å². The van der Waals surface area contributed by atoms with Crippen LogP contribution in [0.15, 0.2) is 48.7 Å². The summed E-state index contributed by atoms with van der Waals surface area (Å²) < 4.78 is 0. The van der Waals surface area contributed by atoms with Gasteiger partial charge in [0.15, 0.2) is 0 Å². The van der Waals surface area contributed by atoms with Crippen molar-refractivity contribution in [2.45, 2.75) is 32.9 Å². The smallest absolute Gasteiger partial charge is 0.271 e. The van der Waals surface area contributed by atoms with Crippen LogP contribution in [0.5, 0.6) is 0 Å². The summed E-state index contributed by atoms with van der Waals surface area (Å²) in [5, 5.41) is 3.00. The molecule has 0 saturated carbocycles.